The van der Waals surface area contributed by atoms with Gasteiger partial charge in [-0.3, -0.25) is 4.79 Å². The Morgan fingerprint density at radius 1 is 1.00 bits per heavy atom. The van der Waals surface area contributed by atoms with Gasteiger partial charge in [-0.05, 0) is 0 Å². The topological polar surface area (TPSA) is 37.3 Å². The number of hydrogen-bond donors (Lipinski definition) is 1. The Morgan fingerprint density at radius 2 is 1.29 bits per heavy atom. The third-order valence-corrected chi connectivity index (χ3v) is 7.25. The molecular formula is C10H20O2Si2. The van der Waals surface area contributed by atoms with E-state index in [9.17, 15) is 4.79 Å². The first-order valence-corrected chi connectivity index (χ1v) is 12.0. The summed E-state index contributed by atoms with van der Waals surface area (Å²) in [5, 5.41) is 11.8. The highest BCUT2D eigenvalue weighted by Crippen LogP contribution is 2.50. The fourth-order valence-corrected chi connectivity index (χ4v) is 8.57. The molecule has 0 aromatic rings. The smallest absolute Gasteiger partial charge is 0.314 e. The number of carbonyl (C=O) groups is 1. The molecule has 0 aromatic carbocycles. The predicted octanol–water partition coefficient (Wildman–Crippen LogP) is 2.75. The highest BCUT2D eigenvalue weighted by Gasteiger charge is 2.52. The Kier molecular flexibility index (Phi) is 2.57. The lowest BCUT2D eigenvalue weighted by Crippen LogP contribution is -2.22. The number of carboxylic acids is 1. The van der Waals surface area contributed by atoms with Gasteiger partial charge in [0.2, 0.25) is 0 Å². The van der Waals surface area contributed by atoms with Gasteiger partial charge in [0.25, 0.3) is 0 Å². The fourth-order valence-electron chi connectivity index (χ4n) is 2.14. The van der Waals surface area contributed by atoms with Crippen LogP contribution in [0.3, 0.4) is 0 Å². The summed E-state index contributed by atoms with van der Waals surface area (Å²) in [7, 11) is -2.78. The zero-order chi connectivity index (χ0) is 11.3. The summed E-state index contributed by atoms with van der Waals surface area (Å²) in [4.78, 5) is 11.1. The van der Waals surface area contributed by atoms with Crippen molar-refractivity contribution in [3.8, 4) is 0 Å². The summed E-state index contributed by atoms with van der Waals surface area (Å²) < 4.78 is 0. The molecule has 0 aromatic heterocycles. The summed E-state index contributed by atoms with van der Waals surface area (Å²) in [5.41, 5.74) is 0. The van der Waals surface area contributed by atoms with E-state index >= 15 is 0 Å². The van der Waals surface area contributed by atoms with Crippen molar-refractivity contribution < 1.29 is 9.90 Å². The van der Waals surface area contributed by atoms with Crippen molar-refractivity contribution in [1.29, 1.82) is 0 Å². The SMILES string of the molecule is C[Si](C)(C)C1=C([Si](C)(C)C)C1C(=O)O. The Bertz CT molecular complexity index is 281. The van der Waals surface area contributed by atoms with Crippen molar-refractivity contribution in [3.05, 3.63) is 10.4 Å². The summed E-state index contributed by atoms with van der Waals surface area (Å²) >= 11 is 0. The molecule has 0 saturated carbocycles. The molecule has 0 aliphatic heterocycles. The molecule has 0 radical (unpaired) electrons. The lowest BCUT2D eigenvalue weighted by molar-refractivity contribution is -0.137. The van der Waals surface area contributed by atoms with E-state index < -0.39 is 22.1 Å². The van der Waals surface area contributed by atoms with Crippen LogP contribution in [0.1, 0.15) is 0 Å². The molecule has 1 rings (SSSR count). The van der Waals surface area contributed by atoms with E-state index in [0.717, 1.165) is 0 Å². The molecular weight excluding hydrogens is 208 g/mol. The molecule has 0 fully saturated rings. The van der Waals surface area contributed by atoms with Gasteiger partial charge in [-0.25, -0.2) is 0 Å². The summed E-state index contributed by atoms with van der Waals surface area (Å²) in [6, 6.07) is 0. The minimum atomic E-state index is -1.39. The second-order valence-corrected chi connectivity index (χ2v) is 16.2. The average Bonchev–Trinajstić information content (AvgIpc) is 2.54. The standard InChI is InChI=1S/C10H20O2Si2/c1-13(2,3)8-7(10(11)12)9(8)14(4,5)6/h7H,1-6H3,(H,11,12). The quantitative estimate of drug-likeness (QED) is 0.754. The van der Waals surface area contributed by atoms with Gasteiger partial charge in [0, 0.05) is 0 Å². The van der Waals surface area contributed by atoms with E-state index in [1.54, 1.807) is 0 Å². The zero-order valence-electron chi connectivity index (χ0n) is 9.93. The van der Waals surface area contributed by atoms with E-state index in [4.69, 9.17) is 5.11 Å². The van der Waals surface area contributed by atoms with Gasteiger partial charge in [-0.15, -0.1) is 0 Å². The van der Waals surface area contributed by atoms with Crippen LogP contribution in [0.25, 0.3) is 0 Å². The van der Waals surface area contributed by atoms with Crippen molar-refractivity contribution in [2.24, 2.45) is 5.92 Å². The molecule has 1 N–H and O–H groups in total. The summed E-state index contributed by atoms with van der Waals surface area (Å²) in [6.45, 7) is 13.4. The number of aliphatic carboxylic acids is 1. The Balaban J connectivity index is 3.02. The van der Waals surface area contributed by atoms with Crippen LogP contribution < -0.4 is 0 Å². The normalized spacial score (nSPS) is 18.7. The van der Waals surface area contributed by atoms with Crippen LogP contribution in [0.5, 0.6) is 0 Å². The molecule has 1 aliphatic rings. The van der Waals surface area contributed by atoms with Gasteiger partial charge >= 0.3 is 5.97 Å². The maximum absolute atomic E-state index is 11.1. The molecule has 0 bridgehead atoms. The van der Waals surface area contributed by atoms with E-state index in [0.29, 0.717) is 0 Å². The van der Waals surface area contributed by atoms with Crippen LogP contribution in [0.2, 0.25) is 39.3 Å². The lowest BCUT2D eigenvalue weighted by Gasteiger charge is -2.12. The highest BCUT2D eigenvalue weighted by atomic mass is 28.3. The van der Waals surface area contributed by atoms with Crippen LogP contribution in [-0.2, 0) is 4.79 Å². The van der Waals surface area contributed by atoms with Crippen molar-refractivity contribution in [2.45, 2.75) is 39.3 Å². The lowest BCUT2D eigenvalue weighted by atomic mass is 10.4. The third kappa shape index (κ3) is 2.01. The maximum Gasteiger partial charge on any atom is 0.314 e. The number of carboxylic acid groups (broad SMARTS) is 1. The van der Waals surface area contributed by atoms with Crippen molar-refractivity contribution >= 4 is 22.1 Å². The van der Waals surface area contributed by atoms with Crippen LogP contribution in [0, 0.1) is 5.92 Å². The number of rotatable bonds is 3. The molecule has 80 valence electrons. The van der Waals surface area contributed by atoms with Crippen LogP contribution in [-0.4, -0.2) is 27.2 Å². The molecule has 14 heavy (non-hydrogen) atoms. The van der Waals surface area contributed by atoms with Gasteiger partial charge in [0.1, 0.15) is 0 Å². The summed E-state index contributed by atoms with van der Waals surface area (Å²) in [6.07, 6.45) is 0. The molecule has 4 heteroatoms. The van der Waals surface area contributed by atoms with Gasteiger partial charge in [0.15, 0.2) is 0 Å². The minimum absolute atomic E-state index is 0.173. The Morgan fingerprint density at radius 3 is 1.36 bits per heavy atom. The monoisotopic (exact) mass is 228 g/mol. The first-order valence-electron chi connectivity index (χ1n) is 5.04. The van der Waals surface area contributed by atoms with Gasteiger partial charge in [0.05, 0.1) is 22.1 Å². The molecule has 0 unspecified atom stereocenters. The van der Waals surface area contributed by atoms with Gasteiger partial charge in [-0.1, -0.05) is 49.7 Å². The Labute approximate surface area is 88.0 Å². The van der Waals surface area contributed by atoms with Crippen LogP contribution in [0.15, 0.2) is 10.4 Å². The van der Waals surface area contributed by atoms with Crippen molar-refractivity contribution in [1.82, 2.24) is 0 Å². The second-order valence-electron chi connectivity index (χ2n) is 6.10. The molecule has 0 atom stereocenters. The predicted molar refractivity (Wildman–Crippen MR) is 64.8 cm³/mol. The van der Waals surface area contributed by atoms with Crippen LogP contribution in [0.4, 0.5) is 0 Å². The van der Waals surface area contributed by atoms with E-state index in [2.05, 4.69) is 39.3 Å². The number of hydrogen-bond acceptors (Lipinski definition) is 1. The van der Waals surface area contributed by atoms with Crippen molar-refractivity contribution in [3.63, 3.8) is 0 Å². The average molecular weight is 228 g/mol. The first-order chi connectivity index (χ1) is 6.07. The zero-order valence-corrected chi connectivity index (χ0v) is 11.9. The molecule has 1 aliphatic carbocycles. The van der Waals surface area contributed by atoms with Crippen molar-refractivity contribution in [2.75, 3.05) is 0 Å². The molecule has 0 spiro atoms. The van der Waals surface area contributed by atoms with E-state index in [-0.39, 0.29) is 5.92 Å². The van der Waals surface area contributed by atoms with Gasteiger partial charge < -0.3 is 5.11 Å². The highest BCUT2D eigenvalue weighted by molar-refractivity contribution is 6.93. The molecule has 0 heterocycles. The molecule has 2 nitrogen and oxygen atoms in total. The van der Waals surface area contributed by atoms with Gasteiger partial charge in [-0.2, -0.15) is 0 Å². The minimum Gasteiger partial charge on any atom is -0.481 e. The first kappa shape index (κ1) is 11.7. The second kappa shape index (κ2) is 3.07. The molecule has 0 amide bonds. The maximum atomic E-state index is 11.1. The van der Waals surface area contributed by atoms with E-state index in [1.807, 2.05) is 0 Å². The third-order valence-electron chi connectivity index (χ3n) is 2.65. The largest absolute Gasteiger partial charge is 0.481 e. The van der Waals surface area contributed by atoms with Crippen LogP contribution >= 0.6 is 0 Å². The fraction of sp³-hybridized carbons (Fsp3) is 0.700. The summed E-state index contributed by atoms with van der Waals surface area (Å²) in [5.74, 6) is -0.798. The Hall–Kier alpha value is -0.356. The molecule has 0 saturated heterocycles. The van der Waals surface area contributed by atoms with E-state index in [1.165, 1.54) is 10.4 Å².